The first kappa shape index (κ1) is 34.2. The van der Waals surface area contributed by atoms with Crippen LogP contribution < -0.4 is 0 Å². The van der Waals surface area contributed by atoms with Gasteiger partial charge >= 0.3 is 0 Å². The molecule has 4 saturated carbocycles. The molecule has 2 nitrogen and oxygen atoms in total. The Hall–Kier alpha value is -6.64. The fourth-order valence-corrected chi connectivity index (χ4v) is 13.0. The van der Waals surface area contributed by atoms with E-state index in [1.54, 1.807) is 0 Å². The average Bonchev–Trinajstić information content (AvgIpc) is 3.82. The first-order chi connectivity index (χ1) is 29.6. The van der Waals surface area contributed by atoms with Crippen molar-refractivity contribution in [2.24, 2.45) is 11.8 Å². The van der Waals surface area contributed by atoms with Crippen LogP contribution in [0.4, 0.5) is 0 Å². The van der Waals surface area contributed by atoms with E-state index in [1.807, 2.05) is 0 Å². The number of fused-ring (bicyclic) bond motifs is 6. The zero-order valence-electron chi connectivity index (χ0n) is 33.8. The Morgan fingerprint density at radius 2 is 0.567 bits per heavy atom. The molecule has 2 heterocycles. The van der Waals surface area contributed by atoms with E-state index < -0.39 is 0 Å². The summed E-state index contributed by atoms with van der Waals surface area (Å²) in [7, 11) is 0. The fourth-order valence-electron chi connectivity index (χ4n) is 13.0. The summed E-state index contributed by atoms with van der Waals surface area (Å²) >= 11 is 0. The predicted molar refractivity (Wildman–Crippen MR) is 251 cm³/mol. The summed E-state index contributed by atoms with van der Waals surface area (Å²) in [5.41, 5.74) is 15.8. The highest BCUT2D eigenvalue weighted by molar-refractivity contribution is 6.12. The highest BCUT2D eigenvalue weighted by Crippen LogP contribution is 2.65. The van der Waals surface area contributed by atoms with Gasteiger partial charge in [-0.25, -0.2) is 0 Å². The molecule has 10 aromatic rings. The van der Waals surface area contributed by atoms with E-state index >= 15 is 0 Å². The number of hydrogen-bond donors (Lipinski definition) is 0. The molecule has 2 heteroatoms. The number of rotatable bonds is 6. The SMILES string of the molecule is c1ccc(-c2ccc3c(c2)c2cc(-c4ccccc4)ccc2n3C23CC4CC(C2)CC(n2c5ccc(-c6ccccc6)cc5c5cc(-c6ccccc6)ccc52)(C4)C3)cc1. The number of benzene rings is 8. The smallest absolute Gasteiger partial charge is 0.0497 e. The first-order valence-corrected chi connectivity index (χ1v) is 22.0. The van der Waals surface area contributed by atoms with Crippen LogP contribution >= 0.6 is 0 Å². The van der Waals surface area contributed by atoms with Gasteiger partial charge in [0.25, 0.3) is 0 Å². The van der Waals surface area contributed by atoms with Gasteiger partial charge < -0.3 is 9.13 Å². The molecule has 0 radical (unpaired) electrons. The van der Waals surface area contributed by atoms with Gasteiger partial charge in [-0.1, -0.05) is 146 Å². The minimum atomic E-state index is 0.0173. The highest BCUT2D eigenvalue weighted by Gasteiger charge is 2.60. The van der Waals surface area contributed by atoms with Crippen LogP contribution in [0.2, 0.25) is 0 Å². The van der Waals surface area contributed by atoms with Gasteiger partial charge in [0, 0.05) is 54.7 Å². The molecule has 0 amide bonds. The van der Waals surface area contributed by atoms with Crippen molar-refractivity contribution in [3.63, 3.8) is 0 Å². The molecule has 4 bridgehead atoms. The summed E-state index contributed by atoms with van der Waals surface area (Å²) in [6, 6.07) is 73.0. The normalized spacial score (nSPS) is 22.1. The maximum absolute atomic E-state index is 2.88. The highest BCUT2D eigenvalue weighted by atomic mass is 15.2. The van der Waals surface area contributed by atoms with Crippen molar-refractivity contribution in [2.45, 2.75) is 49.6 Å². The first-order valence-electron chi connectivity index (χ1n) is 22.0. The van der Waals surface area contributed by atoms with Crippen LogP contribution in [-0.2, 0) is 11.1 Å². The third kappa shape index (κ3) is 5.13. The second kappa shape index (κ2) is 12.9. The summed E-state index contributed by atoms with van der Waals surface area (Å²) in [6.07, 6.45) is 7.49. The lowest BCUT2D eigenvalue weighted by Crippen LogP contribution is -2.60. The lowest BCUT2D eigenvalue weighted by atomic mass is 9.49. The minimum Gasteiger partial charge on any atom is -0.334 e. The summed E-state index contributed by atoms with van der Waals surface area (Å²) in [5, 5.41) is 5.47. The van der Waals surface area contributed by atoms with Crippen molar-refractivity contribution in [2.75, 3.05) is 0 Å². The summed E-state index contributed by atoms with van der Waals surface area (Å²) in [6.45, 7) is 0. The van der Waals surface area contributed by atoms with Crippen molar-refractivity contribution in [1.29, 1.82) is 0 Å². The van der Waals surface area contributed by atoms with Gasteiger partial charge in [0.1, 0.15) is 0 Å². The van der Waals surface area contributed by atoms with Gasteiger partial charge in [-0.3, -0.25) is 0 Å². The molecule has 8 aromatic carbocycles. The lowest BCUT2D eigenvalue weighted by molar-refractivity contribution is -0.0857. The largest absolute Gasteiger partial charge is 0.334 e. The Morgan fingerprint density at radius 3 is 0.833 bits per heavy atom. The van der Waals surface area contributed by atoms with Crippen molar-refractivity contribution in [1.82, 2.24) is 9.13 Å². The Bertz CT molecular complexity index is 2840. The standard InChI is InChI=1S/C58H46N2/c1-5-13-41(14-6-1)45-21-25-53-49(30-45)50-31-46(42-15-7-2-8-16-42)22-26-54(50)59(53)57-34-39-29-40(35-57)37-58(36-39,38-57)60-55-27-23-47(43-17-9-3-10-18-43)32-51(55)52-33-48(24-28-56(52)60)44-19-11-4-12-20-44/h1-28,30-33,39-40H,29,34-38H2. The third-order valence-electron chi connectivity index (χ3n) is 14.9. The van der Waals surface area contributed by atoms with E-state index in [2.05, 4.69) is 203 Å². The molecule has 0 N–H and O–H groups in total. The van der Waals surface area contributed by atoms with Crippen LogP contribution in [-0.4, -0.2) is 9.13 Å². The van der Waals surface area contributed by atoms with Gasteiger partial charge in [0.15, 0.2) is 0 Å². The average molecular weight is 771 g/mol. The van der Waals surface area contributed by atoms with E-state index in [0.717, 1.165) is 6.42 Å². The maximum Gasteiger partial charge on any atom is 0.0497 e. The molecule has 0 unspecified atom stereocenters. The fraction of sp³-hybridized carbons (Fsp3) is 0.172. The molecule has 14 rings (SSSR count). The van der Waals surface area contributed by atoms with Crippen LogP contribution in [0.5, 0.6) is 0 Å². The van der Waals surface area contributed by atoms with Crippen LogP contribution in [0.15, 0.2) is 194 Å². The Balaban J connectivity index is 1.03. The van der Waals surface area contributed by atoms with Crippen LogP contribution in [0.1, 0.15) is 38.5 Å². The number of nitrogens with zero attached hydrogens (tertiary/aromatic N) is 2. The molecule has 0 aliphatic heterocycles. The zero-order valence-corrected chi connectivity index (χ0v) is 33.8. The van der Waals surface area contributed by atoms with Gasteiger partial charge in [0.2, 0.25) is 0 Å². The molecule has 0 spiro atoms. The van der Waals surface area contributed by atoms with E-state index in [0.29, 0.717) is 11.8 Å². The van der Waals surface area contributed by atoms with Gasteiger partial charge in [-0.15, -0.1) is 0 Å². The van der Waals surface area contributed by atoms with Gasteiger partial charge in [-0.05, 0) is 143 Å². The minimum absolute atomic E-state index is 0.0173. The second-order valence-corrected chi connectivity index (χ2v) is 18.5. The molecule has 4 fully saturated rings. The molecule has 288 valence electrons. The molecule has 2 aromatic heterocycles. The zero-order chi connectivity index (χ0) is 39.4. The Morgan fingerprint density at radius 1 is 0.300 bits per heavy atom. The second-order valence-electron chi connectivity index (χ2n) is 18.5. The van der Waals surface area contributed by atoms with E-state index in [4.69, 9.17) is 0 Å². The molecule has 0 saturated heterocycles. The molecular weight excluding hydrogens is 725 g/mol. The van der Waals surface area contributed by atoms with E-state index in [1.165, 1.54) is 120 Å². The van der Waals surface area contributed by atoms with Crippen molar-refractivity contribution < 1.29 is 0 Å². The number of hydrogen-bond acceptors (Lipinski definition) is 0. The monoisotopic (exact) mass is 770 g/mol. The lowest BCUT2D eigenvalue weighted by Gasteiger charge is -2.63. The van der Waals surface area contributed by atoms with E-state index in [9.17, 15) is 0 Å². The van der Waals surface area contributed by atoms with E-state index in [-0.39, 0.29) is 11.1 Å². The maximum atomic E-state index is 2.88. The third-order valence-corrected chi connectivity index (χ3v) is 14.9. The van der Waals surface area contributed by atoms with Crippen LogP contribution in [0, 0.1) is 11.8 Å². The predicted octanol–water partition coefficient (Wildman–Crippen LogP) is 15.3. The van der Waals surface area contributed by atoms with Gasteiger partial charge in [-0.2, -0.15) is 0 Å². The van der Waals surface area contributed by atoms with Crippen LogP contribution in [0.25, 0.3) is 88.1 Å². The molecule has 4 aliphatic rings. The topological polar surface area (TPSA) is 9.86 Å². The van der Waals surface area contributed by atoms with Crippen LogP contribution in [0.3, 0.4) is 0 Å². The van der Waals surface area contributed by atoms with Crippen molar-refractivity contribution in [3.8, 4) is 44.5 Å². The van der Waals surface area contributed by atoms with Crippen molar-refractivity contribution in [3.05, 3.63) is 194 Å². The van der Waals surface area contributed by atoms with Gasteiger partial charge in [0.05, 0.1) is 0 Å². The Kier molecular flexibility index (Phi) is 7.38. The van der Waals surface area contributed by atoms with Crippen molar-refractivity contribution >= 4 is 43.6 Å². The molecule has 0 atom stereocenters. The number of aromatic nitrogens is 2. The summed E-state index contributed by atoms with van der Waals surface area (Å²) in [5.74, 6) is 1.37. The summed E-state index contributed by atoms with van der Waals surface area (Å²) < 4.78 is 5.75. The molecular formula is C58H46N2. The quantitative estimate of drug-likeness (QED) is 0.159. The molecule has 60 heavy (non-hydrogen) atoms. The Labute approximate surface area is 351 Å². The molecule has 4 aliphatic carbocycles. The summed E-state index contributed by atoms with van der Waals surface area (Å²) in [4.78, 5) is 0.